The third kappa shape index (κ3) is 5.56. The number of ether oxygens (including phenoxy) is 2. The Bertz CT molecular complexity index is 759. The number of hydrogen-bond acceptors (Lipinski definition) is 7. The fraction of sp³-hybridized carbons (Fsp3) is 0.524. The lowest BCUT2D eigenvalue weighted by molar-refractivity contribution is -0.162. The molecule has 9 nitrogen and oxygen atoms in total. The van der Waals surface area contributed by atoms with Gasteiger partial charge in [0.25, 0.3) is 5.91 Å². The molecule has 0 saturated heterocycles. The first-order valence-electron chi connectivity index (χ1n) is 10.1. The van der Waals surface area contributed by atoms with Gasteiger partial charge in [-0.15, -0.1) is 0 Å². The highest BCUT2D eigenvalue weighted by atomic mass is 16.6. The molecular formula is C21H29N3O6. The number of esters is 1. The fourth-order valence-corrected chi connectivity index (χ4v) is 3.45. The quantitative estimate of drug-likeness (QED) is 0.611. The smallest absolute Gasteiger partial charge is 0.417 e. The summed E-state index contributed by atoms with van der Waals surface area (Å²) >= 11 is 0. The highest BCUT2D eigenvalue weighted by Gasteiger charge is 2.53. The van der Waals surface area contributed by atoms with Crippen LogP contribution in [0.5, 0.6) is 0 Å². The van der Waals surface area contributed by atoms with Gasteiger partial charge in [-0.2, -0.15) is 0 Å². The minimum Gasteiger partial charge on any atom is -0.464 e. The van der Waals surface area contributed by atoms with Gasteiger partial charge in [-0.25, -0.2) is 14.5 Å². The van der Waals surface area contributed by atoms with Crippen molar-refractivity contribution in [2.45, 2.75) is 57.7 Å². The molecule has 1 aromatic carbocycles. The number of carbonyl (C=O) groups excluding carboxylic acids is 4. The number of nitrogens with zero attached hydrogens (tertiary/aromatic N) is 1. The van der Waals surface area contributed by atoms with E-state index in [2.05, 4.69) is 5.32 Å². The van der Waals surface area contributed by atoms with Gasteiger partial charge in [0.15, 0.2) is 5.54 Å². The first-order valence-corrected chi connectivity index (χ1v) is 10.1. The molecule has 1 aliphatic rings. The first kappa shape index (κ1) is 23.3. The van der Waals surface area contributed by atoms with Crippen LogP contribution in [-0.4, -0.2) is 53.5 Å². The van der Waals surface area contributed by atoms with Gasteiger partial charge in [0, 0.05) is 0 Å². The van der Waals surface area contributed by atoms with E-state index in [9.17, 15) is 19.2 Å². The second-order valence-corrected chi connectivity index (χ2v) is 7.23. The molecule has 3 amide bonds. The van der Waals surface area contributed by atoms with Crippen molar-refractivity contribution in [3.05, 3.63) is 35.9 Å². The normalized spacial score (nSPS) is 15.7. The van der Waals surface area contributed by atoms with E-state index >= 15 is 0 Å². The SMILES string of the molecule is CCOC(=O)C1(N(C(=O)CNC(=O)[C@H](C)N)C(=O)OCc2ccccc2)CCCC1. The van der Waals surface area contributed by atoms with Crippen LogP contribution in [0.25, 0.3) is 0 Å². The summed E-state index contributed by atoms with van der Waals surface area (Å²) in [5.74, 6) is -1.94. The number of amides is 3. The van der Waals surface area contributed by atoms with Crippen molar-refractivity contribution in [2.75, 3.05) is 13.2 Å². The number of imide groups is 1. The zero-order chi connectivity index (χ0) is 22.1. The standard InChI is InChI=1S/C21H29N3O6/c1-3-29-19(27)21(11-7-8-12-21)24(17(25)13-23-18(26)15(2)22)20(28)30-14-16-9-5-4-6-10-16/h4-6,9-10,15H,3,7-8,11-14,22H2,1-2H3,(H,23,26)/t15-/m0/s1. The van der Waals surface area contributed by atoms with Crippen LogP contribution in [0.15, 0.2) is 30.3 Å². The summed E-state index contributed by atoms with van der Waals surface area (Å²) in [6, 6.07) is 8.16. The minimum atomic E-state index is -1.44. The van der Waals surface area contributed by atoms with E-state index in [-0.39, 0.29) is 26.1 Å². The Kier molecular flexibility index (Phi) is 8.35. The van der Waals surface area contributed by atoms with E-state index in [1.807, 2.05) is 6.07 Å². The second kappa shape index (κ2) is 10.7. The molecule has 3 N–H and O–H groups in total. The third-order valence-electron chi connectivity index (χ3n) is 4.98. The molecular weight excluding hydrogens is 390 g/mol. The van der Waals surface area contributed by atoms with Crippen LogP contribution in [0, 0.1) is 0 Å². The number of carbonyl (C=O) groups is 4. The maximum Gasteiger partial charge on any atom is 0.417 e. The molecule has 0 aromatic heterocycles. The maximum absolute atomic E-state index is 13.0. The van der Waals surface area contributed by atoms with Crippen molar-refractivity contribution < 1.29 is 28.7 Å². The highest BCUT2D eigenvalue weighted by molar-refractivity contribution is 6.01. The zero-order valence-electron chi connectivity index (χ0n) is 17.4. The van der Waals surface area contributed by atoms with Gasteiger partial charge in [-0.1, -0.05) is 43.2 Å². The Hall–Kier alpha value is -2.94. The molecule has 1 aromatic rings. The Morgan fingerprint density at radius 2 is 1.77 bits per heavy atom. The molecule has 1 aliphatic carbocycles. The Morgan fingerprint density at radius 1 is 1.13 bits per heavy atom. The molecule has 0 unspecified atom stereocenters. The van der Waals surface area contributed by atoms with Gasteiger partial charge >= 0.3 is 12.1 Å². The average Bonchev–Trinajstić information content (AvgIpc) is 3.22. The molecule has 0 bridgehead atoms. The van der Waals surface area contributed by atoms with Crippen LogP contribution in [0.1, 0.15) is 45.1 Å². The van der Waals surface area contributed by atoms with Gasteiger partial charge in [-0.05, 0) is 32.3 Å². The van der Waals surface area contributed by atoms with Crippen LogP contribution in [0.3, 0.4) is 0 Å². The molecule has 0 aliphatic heterocycles. The average molecular weight is 419 g/mol. The number of rotatable bonds is 8. The van der Waals surface area contributed by atoms with Gasteiger partial charge in [-0.3, -0.25) is 9.59 Å². The summed E-state index contributed by atoms with van der Waals surface area (Å²) in [6.45, 7) is 2.70. The number of hydrogen-bond donors (Lipinski definition) is 2. The van der Waals surface area contributed by atoms with Crippen molar-refractivity contribution in [2.24, 2.45) is 5.73 Å². The molecule has 30 heavy (non-hydrogen) atoms. The summed E-state index contributed by atoms with van der Waals surface area (Å²) < 4.78 is 10.5. The van der Waals surface area contributed by atoms with E-state index in [1.165, 1.54) is 6.92 Å². The molecule has 1 saturated carbocycles. The van der Waals surface area contributed by atoms with E-state index < -0.39 is 42.0 Å². The fourth-order valence-electron chi connectivity index (χ4n) is 3.45. The molecule has 9 heteroatoms. The van der Waals surface area contributed by atoms with Crippen LogP contribution in [-0.2, 0) is 30.5 Å². The monoisotopic (exact) mass is 419 g/mol. The topological polar surface area (TPSA) is 128 Å². The number of nitrogens with one attached hydrogen (secondary N) is 1. The Labute approximate surface area is 175 Å². The van der Waals surface area contributed by atoms with Crippen molar-refractivity contribution in [1.29, 1.82) is 0 Å². The Morgan fingerprint density at radius 3 is 2.33 bits per heavy atom. The van der Waals surface area contributed by atoms with Crippen molar-refractivity contribution in [3.63, 3.8) is 0 Å². The predicted octanol–water partition coefficient (Wildman–Crippen LogP) is 1.49. The number of benzene rings is 1. The second-order valence-electron chi connectivity index (χ2n) is 7.23. The molecule has 0 heterocycles. The maximum atomic E-state index is 13.0. The van der Waals surface area contributed by atoms with Gasteiger partial charge in [0.2, 0.25) is 5.91 Å². The molecule has 1 atom stereocenters. The minimum absolute atomic E-state index is 0.0610. The lowest BCUT2D eigenvalue weighted by atomic mass is 9.95. The molecule has 1 fully saturated rings. The lowest BCUT2D eigenvalue weighted by Gasteiger charge is -2.36. The zero-order valence-corrected chi connectivity index (χ0v) is 17.4. The first-order chi connectivity index (χ1) is 14.3. The van der Waals surface area contributed by atoms with Gasteiger partial charge < -0.3 is 20.5 Å². The predicted molar refractivity (Wildman–Crippen MR) is 108 cm³/mol. The summed E-state index contributed by atoms with van der Waals surface area (Å²) in [6.07, 6.45) is 0.911. The summed E-state index contributed by atoms with van der Waals surface area (Å²) in [4.78, 5) is 51.4. The number of nitrogens with two attached hydrogens (primary N) is 1. The molecule has 0 radical (unpaired) electrons. The summed E-state index contributed by atoms with van der Waals surface area (Å²) in [5, 5.41) is 2.39. The van der Waals surface area contributed by atoms with Gasteiger partial charge in [0.05, 0.1) is 19.2 Å². The van der Waals surface area contributed by atoms with Crippen LogP contribution in [0.4, 0.5) is 4.79 Å². The third-order valence-corrected chi connectivity index (χ3v) is 4.98. The lowest BCUT2D eigenvalue weighted by Crippen LogP contribution is -2.60. The van der Waals surface area contributed by atoms with Gasteiger partial charge in [0.1, 0.15) is 6.61 Å². The summed E-state index contributed by atoms with van der Waals surface area (Å²) in [5.41, 5.74) is 4.80. The largest absolute Gasteiger partial charge is 0.464 e. The van der Waals surface area contributed by atoms with E-state index in [1.54, 1.807) is 31.2 Å². The van der Waals surface area contributed by atoms with E-state index in [0.29, 0.717) is 12.8 Å². The van der Waals surface area contributed by atoms with E-state index in [4.69, 9.17) is 15.2 Å². The molecule has 0 spiro atoms. The van der Waals surface area contributed by atoms with Crippen molar-refractivity contribution in [1.82, 2.24) is 10.2 Å². The Balaban J connectivity index is 2.26. The van der Waals surface area contributed by atoms with Crippen molar-refractivity contribution in [3.8, 4) is 0 Å². The van der Waals surface area contributed by atoms with E-state index in [0.717, 1.165) is 10.5 Å². The van der Waals surface area contributed by atoms with Crippen LogP contribution in [0.2, 0.25) is 0 Å². The van der Waals surface area contributed by atoms with Crippen molar-refractivity contribution >= 4 is 23.9 Å². The highest BCUT2D eigenvalue weighted by Crippen LogP contribution is 2.37. The summed E-state index contributed by atoms with van der Waals surface area (Å²) in [7, 11) is 0. The van der Waals surface area contributed by atoms with Crippen LogP contribution >= 0.6 is 0 Å². The van der Waals surface area contributed by atoms with Crippen LogP contribution < -0.4 is 11.1 Å². The molecule has 2 rings (SSSR count). The molecule has 164 valence electrons.